The second-order valence-electron chi connectivity index (χ2n) is 4.37. The number of ether oxygens (including phenoxy) is 1. The highest BCUT2D eigenvalue weighted by Gasteiger charge is 2.13. The fourth-order valence-corrected chi connectivity index (χ4v) is 2.15. The number of carbonyl (C=O) groups is 2. The van der Waals surface area contributed by atoms with Gasteiger partial charge in [0, 0.05) is 17.9 Å². The van der Waals surface area contributed by atoms with Gasteiger partial charge in [-0.05, 0) is 29.8 Å². The fourth-order valence-electron chi connectivity index (χ4n) is 1.77. The number of esters is 1. The highest BCUT2D eigenvalue weighted by atomic mass is 79.9. The predicted molar refractivity (Wildman–Crippen MR) is 84.8 cm³/mol. The number of para-hydroxylation sites is 1. The van der Waals surface area contributed by atoms with E-state index in [0.29, 0.717) is 11.3 Å². The molecule has 0 saturated heterocycles. The van der Waals surface area contributed by atoms with Crippen LogP contribution in [0.25, 0.3) is 0 Å². The molecule has 0 unspecified atom stereocenters. The van der Waals surface area contributed by atoms with Gasteiger partial charge in [-0.3, -0.25) is 9.59 Å². The smallest absolute Gasteiger partial charge is 0.308 e. The number of amides is 1. The lowest BCUT2D eigenvalue weighted by Gasteiger charge is -2.09. The van der Waals surface area contributed by atoms with Gasteiger partial charge in [-0.2, -0.15) is 0 Å². The molecule has 2 rings (SSSR count). The molecule has 0 aliphatic heterocycles. The maximum Gasteiger partial charge on any atom is 0.308 e. The first kappa shape index (κ1) is 15.3. The molecule has 0 atom stereocenters. The van der Waals surface area contributed by atoms with E-state index in [0.717, 1.165) is 10.9 Å². The molecule has 0 aliphatic carbocycles. The van der Waals surface area contributed by atoms with Crippen molar-refractivity contribution in [1.82, 2.24) is 0 Å². The van der Waals surface area contributed by atoms with Crippen molar-refractivity contribution >= 4 is 33.5 Å². The van der Waals surface area contributed by atoms with Gasteiger partial charge in [0.25, 0.3) is 5.91 Å². The lowest BCUT2D eigenvalue weighted by atomic mass is 10.1. The highest BCUT2D eigenvalue weighted by Crippen LogP contribution is 2.20. The van der Waals surface area contributed by atoms with Gasteiger partial charge >= 0.3 is 5.97 Å². The number of hydrogen-bond donors (Lipinski definition) is 1. The van der Waals surface area contributed by atoms with Crippen molar-refractivity contribution in [3.05, 3.63) is 59.7 Å². The third-order valence-corrected chi connectivity index (χ3v) is 3.40. The average molecular weight is 348 g/mol. The Balaban J connectivity index is 2.17. The van der Waals surface area contributed by atoms with Gasteiger partial charge in [0.1, 0.15) is 5.75 Å². The third kappa shape index (κ3) is 4.16. The standard InChI is InChI=1S/C16H14BrNO3/c1-11(19)21-15-5-3-2-4-14(15)16(20)18-13-8-6-12(10-17)7-9-13/h2-9H,10H2,1H3,(H,18,20). The van der Waals surface area contributed by atoms with Crippen LogP contribution in [-0.2, 0) is 10.1 Å². The molecule has 0 fully saturated rings. The zero-order valence-corrected chi connectivity index (χ0v) is 13.0. The minimum absolute atomic E-state index is 0.250. The van der Waals surface area contributed by atoms with Crippen molar-refractivity contribution in [3.8, 4) is 5.75 Å². The maximum atomic E-state index is 12.3. The number of carbonyl (C=O) groups excluding carboxylic acids is 2. The second kappa shape index (κ2) is 7.04. The van der Waals surface area contributed by atoms with Crippen LogP contribution in [0.2, 0.25) is 0 Å². The van der Waals surface area contributed by atoms with E-state index in [4.69, 9.17) is 4.74 Å². The molecule has 2 aromatic rings. The summed E-state index contributed by atoms with van der Waals surface area (Å²) in [6.45, 7) is 1.30. The van der Waals surface area contributed by atoms with Crippen LogP contribution in [0.15, 0.2) is 48.5 Å². The number of halogens is 1. The Morgan fingerprint density at radius 1 is 1.10 bits per heavy atom. The van der Waals surface area contributed by atoms with Crippen molar-refractivity contribution < 1.29 is 14.3 Å². The van der Waals surface area contributed by atoms with E-state index < -0.39 is 5.97 Å². The first-order chi connectivity index (χ1) is 10.1. The van der Waals surface area contributed by atoms with Crippen LogP contribution in [0, 0.1) is 0 Å². The van der Waals surface area contributed by atoms with E-state index in [-0.39, 0.29) is 11.7 Å². The van der Waals surface area contributed by atoms with Crippen LogP contribution in [0.3, 0.4) is 0 Å². The lowest BCUT2D eigenvalue weighted by molar-refractivity contribution is -0.131. The largest absolute Gasteiger partial charge is 0.426 e. The normalized spacial score (nSPS) is 10.0. The number of alkyl halides is 1. The van der Waals surface area contributed by atoms with Gasteiger partial charge in [-0.15, -0.1) is 0 Å². The molecule has 1 amide bonds. The first-order valence-electron chi connectivity index (χ1n) is 6.34. The second-order valence-corrected chi connectivity index (χ2v) is 4.94. The first-order valence-corrected chi connectivity index (χ1v) is 7.46. The summed E-state index contributed by atoms with van der Waals surface area (Å²) in [5.41, 5.74) is 2.12. The van der Waals surface area contributed by atoms with E-state index in [2.05, 4.69) is 21.2 Å². The molecule has 0 aliphatic rings. The van der Waals surface area contributed by atoms with Gasteiger partial charge in [0.05, 0.1) is 5.56 Å². The summed E-state index contributed by atoms with van der Waals surface area (Å²) in [5, 5.41) is 3.54. The summed E-state index contributed by atoms with van der Waals surface area (Å²) in [7, 11) is 0. The highest BCUT2D eigenvalue weighted by molar-refractivity contribution is 9.08. The molecule has 0 saturated carbocycles. The van der Waals surface area contributed by atoms with Gasteiger partial charge < -0.3 is 10.1 Å². The Bertz CT molecular complexity index is 653. The van der Waals surface area contributed by atoms with Crippen molar-refractivity contribution in [2.75, 3.05) is 5.32 Å². The maximum absolute atomic E-state index is 12.3. The molecular weight excluding hydrogens is 334 g/mol. The zero-order chi connectivity index (χ0) is 15.2. The van der Waals surface area contributed by atoms with Crippen molar-refractivity contribution in [2.24, 2.45) is 0 Å². The Hall–Kier alpha value is -2.14. The molecule has 0 aromatic heterocycles. The summed E-state index contributed by atoms with van der Waals surface area (Å²) in [5.74, 6) is -0.532. The van der Waals surface area contributed by atoms with Crippen molar-refractivity contribution in [2.45, 2.75) is 12.3 Å². The van der Waals surface area contributed by atoms with Crippen LogP contribution in [0.4, 0.5) is 5.69 Å². The Labute approximate surface area is 131 Å². The summed E-state index contributed by atoms with van der Waals surface area (Å²) >= 11 is 3.37. The lowest BCUT2D eigenvalue weighted by Crippen LogP contribution is -2.14. The summed E-state index contributed by atoms with van der Waals surface area (Å²) < 4.78 is 5.03. The fraction of sp³-hybridized carbons (Fsp3) is 0.125. The molecule has 108 valence electrons. The molecule has 0 radical (unpaired) electrons. The number of anilines is 1. The minimum Gasteiger partial charge on any atom is -0.426 e. The molecule has 0 bridgehead atoms. The predicted octanol–water partition coefficient (Wildman–Crippen LogP) is 3.76. The average Bonchev–Trinajstić information content (AvgIpc) is 2.48. The van der Waals surface area contributed by atoms with Crippen molar-refractivity contribution in [3.63, 3.8) is 0 Å². The zero-order valence-electron chi connectivity index (χ0n) is 11.4. The van der Waals surface area contributed by atoms with Gasteiger partial charge in [0.2, 0.25) is 0 Å². The van der Waals surface area contributed by atoms with E-state index in [1.807, 2.05) is 24.3 Å². The van der Waals surface area contributed by atoms with Crippen LogP contribution >= 0.6 is 15.9 Å². The van der Waals surface area contributed by atoms with E-state index in [1.54, 1.807) is 24.3 Å². The topological polar surface area (TPSA) is 55.4 Å². The number of nitrogens with one attached hydrogen (secondary N) is 1. The summed E-state index contributed by atoms with van der Waals surface area (Å²) in [6, 6.07) is 14.1. The van der Waals surface area contributed by atoms with E-state index in [9.17, 15) is 9.59 Å². The monoisotopic (exact) mass is 347 g/mol. The molecule has 21 heavy (non-hydrogen) atoms. The SMILES string of the molecule is CC(=O)Oc1ccccc1C(=O)Nc1ccc(CBr)cc1. The van der Waals surface area contributed by atoms with Crippen LogP contribution < -0.4 is 10.1 Å². The molecular formula is C16H14BrNO3. The van der Waals surface area contributed by atoms with Crippen LogP contribution in [0.5, 0.6) is 5.75 Å². The molecule has 0 spiro atoms. The molecule has 0 heterocycles. The van der Waals surface area contributed by atoms with Gasteiger partial charge in [-0.1, -0.05) is 40.2 Å². The van der Waals surface area contributed by atoms with Crippen LogP contribution in [0.1, 0.15) is 22.8 Å². The Kier molecular flexibility index (Phi) is 5.11. The number of rotatable bonds is 4. The third-order valence-electron chi connectivity index (χ3n) is 2.75. The summed E-state index contributed by atoms with van der Waals surface area (Å²) in [6.07, 6.45) is 0. The quantitative estimate of drug-likeness (QED) is 0.520. The number of hydrogen-bond acceptors (Lipinski definition) is 3. The van der Waals surface area contributed by atoms with Crippen molar-refractivity contribution in [1.29, 1.82) is 0 Å². The van der Waals surface area contributed by atoms with Gasteiger partial charge in [-0.25, -0.2) is 0 Å². The van der Waals surface area contributed by atoms with E-state index >= 15 is 0 Å². The summed E-state index contributed by atoms with van der Waals surface area (Å²) in [4.78, 5) is 23.3. The van der Waals surface area contributed by atoms with E-state index in [1.165, 1.54) is 6.92 Å². The van der Waals surface area contributed by atoms with Crippen LogP contribution in [-0.4, -0.2) is 11.9 Å². The molecule has 4 nitrogen and oxygen atoms in total. The molecule has 1 N–H and O–H groups in total. The van der Waals surface area contributed by atoms with Gasteiger partial charge in [0.15, 0.2) is 0 Å². The Morgan fingerprint density at radius 3 is 2.38 bits per heavy atom. The minimum atomic E-state index is -0.461. The Morgan fingerprint density at radius 2 is 1.76 bits per heavy atom. The molecule has 2 aromatic carbocycles. The number of benzene rings is 2. The molecule has 5 heteroatoms.